The maximum Gasteiger partial charge on any atom is 0.323 e. The Morgan fingerprint density at radius 1 is 1.09 bits per heavy atom. The van der Waals surface area contributed by atoms with Crippen LogP contribution in [0, 0.1) is 0 Å². The molecule has 1 heterocycles. The van der Waals surface area contributed by atoms with Gasteiger partial charge < -0.3 is 16.4 Å². The van der Waals surface area contributed by atoms with E-state index in [0.717, 1.165) is 8.78 Å². The maximum atomic E-state index is 13.3. The summed E-state index contributed by atoms with van der Waals surface area (Å²) in [5.74, 6) is -0.855. The van der Waals surface area contributed by atoms with Crippen LogP contribution in [-0.2, 0) is 20.6 Å². The number of hydrogen-bond donors (Lipinski definition) is 3. The van der Waals surface area contributed by atoms with Gasteiger partial charge in [-0.25, -0.2) is 13.2 Å². The Bertz CT molecular complexity index is 1050. The van der Waals surface area contributed by atoms with Crippen LogP contribution in [0.5, 0.6) is 0 Å². The summed E-state index contributed by atoms with van der Waals surface area (Å²) in [4.78, 5) is 27.3. The summed E-state index contributed by atoms with van der Waals surface area (Å²) in [6.45, 7) is 0.733. The number of nitrogens with one attached hydrogen (secondary N) is 2. The molecule has 1 aliphatic heterocycles. The van der Waals surface area contributed by atoms with Crippen LogP contribution in [-0.4, -0.2) is 61.9 Å². The number of hydrogen-bond acceptors (Lipinski definition) is 5. The number of carbonyl (C=O) groups is 2. The average molecular weight is 524 g/mol. The predicted octanol–water partition coefficient (Wildman–Crippen LogP) is 1.92. The first-order valence-electron chi connectivity index (χ1n) is 10.2. The Morgan fingerprint density at radius 2 is 1.84 bits per heavy atom. The van der Waals surface area contributed by atoms with Crippen molar-refractivity contribution in [3.05, 3.63) is 64.6 Å². The Balaban J connectivity index is 1.88. The molecule has 1 fully saturated rings. The van der Waals surface area contributed by atoms with Crippen molar-refractivity contribution < 1.29 is 18.0 Å². The van der Waals surface area contributed by atoms with E-state index in [1.807, 2.05) is 6.07 Å². The van der Waals surface area contributed by atoms with Gasteiger partial charge in [-0.05, 0) is 30.2 Å². The number of sulfonamides is 1. The zero-order chi connectivity index (χ0) is 23.1. The van der Waals surface area contributed by atoms with Gasteiger partial charge in [0.15, 0.2) is 6.17 Å². The molecule has 172 valence electrons. The smallest absolute Gasteiger partial charge is 0.323 e. The van der Waals surface area contributed by atoms with Gasteiger partial charge in [-0.2, -0.15) is 4.31 Å². The fourth-order valence-electron chi connectivity index (χ4n) is 3.49. The first-order valence-corrected chi connectivity index (χ1v) is 12.6. The number of nitrogens with two attached hydrogens (primary N) is 1. The average Bonchev–Trinajstić information content (AvgIpc) is 2.77. The molecule has 0 aromatic heterocycles. The lowest BCUT2D eigenvalue weighted by Crippen LogP contribution is -2.64. The highest BCUT2D eigenvalue weighted by molar-refractivity contribution is 9.10. The van der Waals surface area contributed by atoms with Crippen molar-refractivity contribution in [2.24, 2.45) is 5.73 Å². The summed E-state index contributed by atoms with van der Waals surface area (Å²) < 4.78 is 28.4. The van der Waals surface area contributed by atoms with Crippen molar-refractivity contribution in [1.82, 2.24) is 14.5 Å². The van der Waals surface area contributed by atoms with Crippen LogP contribution >= 0.6 is 15.9 Å². The summed E-state index contributed by atoms with van der Waals surface area (Å²) in [6.07, 6.45) is -0.906. The fourth-order valence-corrected chi connectivity index (χ4v) is 5.59. The molecule has 1 aliphatic rings. The number of urea groups is 1. The summed E-state index contributed by atoms with van der Waals surface area (Å²) in [5.41, 5.74) is 6.62. The Kier molecular flexibility index (Phi) is 8.24. The van der Waals surface area contributed by atoms with Crippen LogP contribution in [0.3, 0.4) is 0 Å². The van der Waals surface area contributed by atoms with Gasteiger partial charge in [0.1, 0.15) is 0 Å². The molecule has 2 aromatic carbocycles. The third-order valence-corrected chi connectivity index (χ3v) is 7.20. The molecule has 3 amide bonds. The van der Waals surface area contributed by atoms with Crippen LogP contribution in [0.15, 0.2) is 59.1 Å². The molecule has 0 bridgehead atoms. The first kappa shape index (κ1) is 24.2. The molecule has 0 aliphatic carbocycles. The highest BCUT2D eigenvalue weighted by Gasteiger charge is 2.43. The second-order valence-corrected chi connectivity index (χ2v) is 10.1. The molecule has 11 heteroatoms. The molecular weight excluding hydrogens is 498 g/mol. The van der Waals surface area contributed by atoms with E-state index in [1.165, 1.54) is 4.90 Å². The molecule has 1 unspecified atom stereocenters. The van der Waals surface area contributed by atoms with Gasteiger partial charge in [-0.15, -0.1) is 0 Å². The molecule has 32 heavy (non-hydrogen) atoms. The quantitative estimate of drug-likeness (QED) is 0.511. The van der Waals surface area contributed by atoms with E-state index in [9.17, 15) is 18.0 Å². The van der Waals surface area contributed by atoms with Crippen LogP contribution in [0.1, 0.15) is 12.0 Å². The minimum Gasteiger partial charge on any atom is -0.352 e. The highest BCUT2D eigenvalue weighted by atomic mass is 79.9. The number of halogens is 1. The van der Waals surface area contributed by atoms with Gasteiger partial charge in [-0.3, -0.25) is 9.69 Å². The third-order valence-electron chi connectivity index (χ3n) is 4.91. The summed E-state index contributed by atoms with van der Waals surface area (Å²) >= 11 is 3.35. The topological polar surface area (TPSA) is 125 Å². The summed E-state index contributed by atoms with van der Waals surface area (Å²) in [7, 11) is -3.89. The SMILES string of the molecule is NCCNC(=O)C1N(C(=O)Nc2cccc(Br)c2)CCCN1S(=O)(=O)Cc1ccccc1. The predicted molar refractivity (Wildman–Crippen MR) is 126 cm³/mol. The van der Waals surface area contributed by atoms with Crippen LogP contribution in [0.2, 0.25) is 0 Å². The third kappa shape index (κ3) is 6.06. The van der Waals surface area contributed by atoms with Crippen molar-refractivity contribution in [2.75, 3.05) is 31.5 Å². The maximum absolute atomic E-state index is 13.3. The Hall–Kier alpha value is -2.47. The molecule has 9 nitrogen and oxygen atoms in total. The number of nitrogens with zero attached hydrogens (tertiary/aromatic N) is 2. The normalized spacial score (nSPS) is 17.1. The van der Waals surface area contributed by atoms with E-state index < -0.39 is 28.1 Å². The van der Waals surface area contributed by atoms with Gasteiger partial charge in [0, 0.05) is 36.3 Å². The number of anilines is 1. The minimum absolute atomic E-state index is 0.135. The highest BCUT2D eigenvalue weighted by Crippen LogP contribution is 2.23. The van der Waals surface area contributed by atoms with Crippen LogP contribution in [0.25, 0.3) is 0 Å². The monoisotopic (exact) mass is 523 g/mol. The standard InChI is InChI=1S/C21H26BrN5O4S/c22-17-8-4-9-18(14-17)25-21(29)26-12-5-13-27(20(26)19(28)24-11-10-23)32(30,31)15-16-6-2-1-3-7-16/h1-4,6-9,14,20H,5,10-13,15,23H2,(H,24,28)(H,25,29). The Morgan fingerprint density at radius 3 is 2.53 bits per heavy atom. The lowest BCUT2D eigenvalue weighted by molar-refractivity contribution is -0.130. The number of carbonyl (C=O) groups excluding carboxylic acids is 2. The number of benzene rings is 2. The van der Waals surface area contributed by atoms with E-state index in [-0.39, 0.29) is 31.9 Å². The van der Waals surface area contributed by atoms with Crippen molar-refractivity contribution in [3.63, 3.8) is 0 Å². The van der Waals surface area contributed by atoms with Gasteiger partial charge >= 0.3 is 6.03 Å². The molecule has 0 radical (unpaired) electrons. The van der Waals surface area contributed by atoms with E-state index in [2.05, 4.69) is 26.6 Å². The van der Waals surface area contributed by atoms with Gasteiger partial charge in [-0.1, -0.05) is 52.3 Å². The molecule has 1 saturated heterocycles. The zero-order valence-electron chi connectivity index (χ0n) is 17.4. The van der Waals surface area contributed by atoms with Gasteiger partial charge in [0.05, 0.1) is 5.75 Å². The molecule has 4 N–H and O–H groups in total. The van der Waals surface area contributed by atoms with E-state index >= 15 is 0 Å². The summed E-state index contributed by atoms with van der Waals surface area (Å²) in [6, 6.07) is 15.2. The largest absolute Gasteiger partial charge is 0.352 e. The second-order valence-electron chi connectivity index (χ2n) is 7.29. The minimum atomic E-state index is -3.89. The number of rotatable bonds is 7. The number of amides is 3. The lowest BCUT2D eigenvalue weighted by Gasteiger charge is -2.41. The first-order chi connectivity index (χ1) is 15.3. The molecule has 1 atom stereocenters. The van der Waals surface area contributed by atoms with E-state index in [4.69, 9.17) is 5.73 Å². The van der Waals surface area contributed by atoms with E-state index in [0.29, 0.717) is 17.7 Å². The van der Waals surface area contributed by atoms with Crippen molar-refractivity contribution in [1.29, 1.82) is 0 Å². The molecule has 0 saturated carbocycles. The lowest BCUT2D eigenvalue weighted by atomic mass is 10.2. The Labute approximate surface area is 196 Å². The van der Waals surface area contributed by atoms with Crippen LogP contribution in [0.4, 0.5) is 10.5 Å². The van der Waals surface area contributed by atoms with E-state index in [1.54, 1.807) is 48.5 Å². The molecular formula is C21H26BrN5O4S. The van der Waals surface area contributed by atoms with Crippen molar-refractivity contribution in [2.45, 2.75) is 18.3 Å². The molecule has 3 rings (SSSR count). The zero-order valence-corrected chi connectivity index (χ0v) is 19.8. The summed E-state index contributed by atoms with van der Waals surface area (Å²) in [5, 5.41) is 5.37. The molecule has 0 spiro atoms. The fraction of sp³-hybridized carbons (Fsp3) is 0.333. The van der Waals surface area contributed by atoms with Crippen molar-refractivity contribution >= 4 is 43.6 Å². The van der Waals surface area contributed by atoms with Crippen molar-refractivity contribution in [3.8, 4) is 0 Å². The molecule has 2 aromatic rings. The van der Waals surface area contributed by atoms with Crippen LogP contribution < -0.4 is 16.4 Å². The second kappa shape index (κ2) is 10.9. The van der Waals surface area contributed by atoms with Gasteiger partial charge in [0.25, 0.3) is 5.91 Å². The van der Waals surface area contributed by atoms with Gasteiger partial charge in [0.2, 0.25) is 10.0 Å².